The molecule has 2 heterocycles. The van der Waals surface area contributed by atoms with E-state index in [0.717, 1.165) is 56.1 Å². The Morgan fingerprint density at radius 1 is 0.162 bits per heavy atom. The lowest BCUT2D eigenvalue weighted by molar-refractivity contribution is 0.660. The highest BCUT2D eigenvalue weighted by atomic mass is 32.1. The summed E-state index contributed by atoms with van der Waals surface area (Å²) in [6, 6.07) is 166. The maximum absolute atomic E-state index is 6.10. The van der Waals surface area contributed by atoms with Crippen LogP contribution < -0.4 is 9.80 Å². The van der Waals surface area contributed by atoms with Crippen LogP contribution in [0.25, 0.3) is 176 Å². The van der Waals surface area contributed by atoms with E-state index in [1.807, 2.05) is 23.5 Å². The molecule has 0 radical (unpaired) electrons. The van der Waals surface area contributed by atoms with Crippen LogP contribution >= 0.6 is 11.3 Å². The number of hydrogen-bond acceptors (Lipinski definition) is 4. The summed E-state index contributed by atoms with van der Waals surface area (Å²) in [7, 11) is 0. The van der Waals surface area contributed by atoms with Crippen LogP contribution in [0.15, 0.2) is 453 Å². The minimum atomic E-state index is -0.0503. The van der Waals surface area contributed by atoms with Gasteiger partial charge in [-0.25, -0.2) is 0 Å². The van der Waals surface area contributed by atoms with Crippen molar-refractivity contribution in [3.05, 3.63) is 493 Å². The zero-order valence-corrected chi connectivity index (χ0v) is 78.3. The molecule has 4 aliphatic rings. The molecule has 0 fully saturated rings. The topological polar surface area (TPSA) is 19.6 Å². The fraction of sp³-hybridized carbons (Fsp3) is 0.0909. The standard InChI is InChI=1S/C66H49NO.C66H49NS/c2*1-65(2)59-14-8-5-11-53(59)55-36-27-48(40-61(55)65)45-23-32-51(33-24-45)67(52-34-25-46(26-35-52)49-28-37-56-54-12-6-9-15-60(54)66(3,4)62(56)41-49)50-30-21-43(22-31-50)42-17-19-44(20-18-42)47-29-38-64-58(39-47)57-13-7-10-16-63(57)68-64/h2*5-41H,1-4H3. The molecule has 0 aliphatic heterocycles. The summed E-state index contributed by atoms with van der Waals surface area (Å²) < 4.78 is 8.77. The van der Waals surface area contributed by atoms with Crippen LogP contribution in [0.5, 0.6) is 0 Å². The normalized spacial score (nSPS) is 13.8. The summed E-state index contributed by atoms with van der Waals surface area (Å²) in [6.45, 7) is 18.8. The molecule has 0 bridgehead atoms. The van der Waals surface area contributed by atoms with E-state index >= 15 is 0 Å². The van der Waals surface area contributed by atoms with Crippen molar-refractivity contribution >= 4 is 87.6 Å². The van der Waals surface area contributed by atoms with Gasteiger partial charge in [0.2, 0.25) is 0 Å². The third-order valence-electron chi connectivity index (χ3n) is 30.3. The highest BCUT2D eigenvalue weighted by molar-refractivity contribution is 7.25. The summed E-state index contributed by atoms with van der Waals surface area (Å²) in [4.78, 5) is 4.76. The van der Waals surface area contributed by atoms with Gasteiger partial charge in [-0.1, -0.05) is 371 Å². The van der Waals surface area contributed by atoms with E-state index in [-0.39, 0.29) is 21.7 Å². The smallest absolute Gasteiger partial charge is 0.135 e. The zero-order chi connectivity index (χ0) is 91.5. The third kappa shape index (κ3) is 13.7. The van der Waals surface area contributed by atoms with Gasteiger partial charge in [-0.15, -0.1) is 11.3 Å². The van der Waals surface area contributed by atoms with Gasteiger partial charge in [-0.2, -0.15) is 0 Å². The molecule has 0 spiro atoms. The lowest BCUT2D eigenvalue weighted by atomic mass is 9.81. The molecule has 0 amide bonds. The number of furan rings is 1. The van der Waals surface area contributed by atoms with E-state index < -0.39 is 0 Å². The van der Waals surface area contributed by atoms with Gasteiger partial charge in [-0.3, -0.25) is 0 Å². The summed E-state index contributed by atoms with van der Waals surface area (Å²) in [6.07, 6.45) is 0. The molecule has 0 unspecified atom stereocenters. The van der Waals surface area contributed by atoms with Crippen LogP contribution in [0, 0.1) is 0 Å². The maximum Gasteiger partial charge on any atom is 0.135 e. The SMILES string of the molecule is CC1(C)c2ccccc2-c2ccc(-c3ccc(N(c4ccc(-c5ccc(-c6ccc7oc8ccccc8c7c6)cc5)cc4)c4ccc(-c5ccc6c(c5)C(C)(C)c5ccccc5-6)cc4)cc3)cc21.CC1(C)c2ccccc2-c2ccc(-c3ccc(N(c4ccc(-c5ccc(-c6ccc7sc8ccccc8c7c6)cc5)cc4)c4ccc(-c5ccc6c(c5)C(C)(C)c5ccccc5-6)cc4)cc3)cc21. The molecule has 136 heavy (non-hydrogen) atoms. The Morgan fingerprint density at radius 2 is 0.375 bits per heavy atom. The molecule has 0 N–H and O–H groups in total. The Kier molecular flexibility index (Phi) is 19.2. The van der Waals surface area contributed by atoms with Gasteiger partial charge in [0.15, 0.2) is 0 Å². The van der Waals surface area contributed by atoms with Crippen LogP contribution in [-0.4, -0.2) is 0 Å². The highest BCUT2D eigenvalue weighted by Crippen LogP contribution is 2.56. The Balaban J connectivity index is 0.000000145. The fourth-order valence-corrected chi connectivity index (χ4v) is 23.9. The third-order valence-corrected chi connectivity index (χ3v) is 31.4. The second-order valence-electron chi connectivity index (χ2n) is 39.4. The number of rotatable bonds is 14. The largest absolute Gasteiger partial charge is 0.456 e. The molecule has 0 saturated carbocycles. The van der Waals surface area contributed by atoms with E-state index in [1.165, 1.54) is 198 Å². The number of hydrogen-bond donors (Lipinski definition) is 0. The van der Waals surface area contributed by atoms with Crippen molar-refractivity contribution in [3.8, 4) is 134 Å². The molecule has 0 saturated heterocycles. The van der Waals surface area contributed by atoms with Crippen molar-refractivity contribution < 1.29 is 4.42 Å². The van der Waals surface area contributed by atoms with E-state index in [4.69, 9.17) is 4.42 Å². The minimum absolute atomic E-state index is 0.0469. The predicted octanol–water partition coefficient (Wildman–Crippen LogP) is 37.1. The first-order valence-corrected chi connectivity index (χ1v) is 48.4. The maximum atomic E-state index is 6.10. The van der Waals surface area contributed by atoms with Gasteiger partial charge in [0, 0.05) is 86.7 Å². The fourth-order valence-electron chi connectivity index (χ4n) is 22.8. The molecule has 22 aromatic rings. The average molecular weight is 1760 g/mol. The van der Waals surface area contributed by atoms with Gasteiger partial charge in [-0.05, 0) is 311 Å². The Hall–Kier alpha value is -16.0. The van der Waals surface area contributed by atoms with E-state index in [9.17, 15) is 0 Å². The summed E-state index contributed by atoms with van der Waals surface area (Å²) in [5.41, 5.74) is 49.5. The first-order valence-electron chi connectivity index (χ1n) is 47.6. The Bertz CT molecular complexity index is 7710. The van der Waals surface area contributed by atoms with Gasteiger partial charge in [0.05, 0.1) is 0 Å². The highest BCUT2D eigenvalue weighted by Gasteiger charge is 2.40. The molecule has 648 valence electrons. The van der Waals surface area contributed by atoms with Crippen molar-refractivity contribution in [2.24, 2.45) is 0 Å². The van der Waals surface area contributed by atoms with Gasteiger partial charge >= 0.3 is 0 Å². The van der Waals surface area contributed by atoms with Crippen LogP contribution in [0.2, 0.25) is 0 Å². The first-order chi connectivity index (χ1) is 66.4. The summed E-state index contributed by atoms with van der Waals surface area (Å²) in [5.74, 6) is 0. The van der Waals surface area contributed by atoms with Crippen LogP contribution in [0.1, 0.15) is 99.9 Å². The van der Waals surface area contributed by atoms with Crippen molar-refractivity contribution in [3.63, 3.8) is 0 Å². The summed E-state index contributed by atoms with van der Waals surface area (Å²) in [5, 5.41) is 4.95. The number of fused-ring (bicyclic) bond motifs is 18. The molecular weight excluding hydrogens is 1660 g/mol. The van der Waals surface area contributed by atoms with Crippen LogP contribution in [0.4, 0.5) is 34.1 Å². The molecule has 4 aliphatic carbocycles. The Morgan fingerprint density at radius 3 is 0.699 bits per heavy atom. The molecule has 0 atom stereocenters. The summed E-state index contributed by atoms with van der Waals surface area (Å²) >= 11 is 1.86. The second kappa shape index (κ2) is 31.9. The Labute approximate surface area is 799 Å². The molecule has 20 aromatic carbocycles. The monoisotopic (exact) mass is 1760 g/mol. The lowest BCUT2D eigenvalue weighted by Gasteiger charge is -2.26. The zero-order valence-electron chi connectivity index (χ0n) is 77.4. The second-order valence-corrected chi connectivity index (χ2v) is 40.5. The van der Waals surface area contributed by atoms with E-state index in [1.54, 1.807) is 0 Å². The number of benzene rings is 20. The number of nitrogens with zero attached hydrogens (tertiary/aromatic N) is 2. The molecule has 4 heteroatoms. The average Bonchev–Trinajstić information content (AvgIpc) is 1.59. The quantitative estimate of drug-likeness (QED) is 0.108. The molecule has 3 nitrogen and oxygen atoms in total. The molecule has 2 aromatic heterocycles. The van der Waals surface area contributed by atoms with Crippen LogP contribution in [-0.2, 0) is 21.7 Å². The number of anilines is 6. The van der Waals surface area contributed by atoms with Crippen LogP contribution in [0.3, 0.4) is 0 Å². The molecule has 26 rings (SSSR count). The van der Waals surface area contributed by atoms with Crippen molar-refractivity contribution in [2.75, 3.05) is 9.80 Å². The van der Waals surface area contributed by atoms with Gasteiger partial charge in [0.1, 0.15) is 11.2 Å². The van der Waals surface area contributed by atoms with Crippen molar-refractivity contribution in [2.45, 2.75) is 77.0 Å². The van der Waals surface area contributed by atoms with Gasteiger partial charge in [0.25, 0.3) is 0 Å². The lowest BCUT2D eigenvalue weighted by Crippen LogP contribution is -2.14. The van der Waals surface area contributed by atoms with E-state index in [0.29, 0.717) is 0 Å². The van der Waals surface area contributed by atoms with Gasteiger partial charge < -0.3 is 14.2 Å². The first kappa shape index (κ1) is 82.0. The molecular formula is C132H98N2OS. The van der Waals surface area contributed by atoms with Crippen molar-refractivity contribution in [1.82, 2.24) is 0 Å². The minimum Gasteiger partial charge on any atom is -0.456 e. The number of thiophene rings is 1. The number of para-hydroxylation sites is 1. The van der Waals surface area contributed by atoms with E-state index in [2.05, 4.69) is 502 Å². The predicted molar refractivity (Wildman–Crippen MR) is 576 cm³/mol. The van der Waals surface area contributed by atoms with Crippen molar-refractivity contribution in [1.29, 1.82) is 0 Å².